The van der Waals surface area contributed by atoms with Crippen molar-refractivity contribution in [3.05, 3.63) is 77.4 Å². The van der Waals surface area contributed by atoms with Crippen LogP contribution in [0.3, 0.4) is 0 Å². The number of carbonyl (C=O) groups is 2. The van der Waals surface area contributed by atoms with Crippen LogP contribution in [0.15, 0.2) is 35.1 Å². The number of ether oxygens (including phenoxy) is 1. The first-order chi connectivity index (χ1) is 14.7. The summed E-state index contributed by atoms with van der Waals surface area (Å²) in [6.45, 7) is 5.54. The Balaban J connectivity index is 2.11. The van der Waals surface area contributed by atoms with Crippen molar-refractivity contribution in [3.63, 3.8) is 0 Å². The standard InChI is InChI=1S/C23H23ClN2O4S/c1-5-30-22(28)12-21-26(13-19(27)18-10-14(2)25(4)15(18)3)23(29)20(31-21)11-16-6-8-17(24)9-7-16/h6-12H,5,13H2,1-4H3/b20-11-,21-12-. The van der Waals surface area contributed by atoms with Crippen LogP contribution in [0, 0.1) is 13.8 Å². The van der Waals surface area contributed by atoms with Crippen molar-refractivity contribution >= 4 is 46.8 Å². The third-order valence-corrected chi connectivity index (χ3v) is 6.32. The summed E-state index contributed by atoms with van der Waals surface area (Å²) in [6, 6.07) is 8.86. The van der Waals surface area contributed by atoms with E-state index >= 15 is 0 Å². The number of hydrogen-bond acceptors (Lipinski definition) is 5. The molecule has 162 valence electrons. The highest BCUT2D eigenvalue weighted by molar-refractivity contribution is 7.07. The minimum absolute atomic E-state index is 0.167. The third-order valence-electron chi connectivity index (χ3n) is 5.01. The summed E-state index contributed by atoms with van der Waals surface area (Å²) in [5.74, 6) is -0.757. The van der Waals surface area contributed by atoms with E-state index < -0.39 is 5.97 Å². The van der Waals surface area contributed by atoms with Gasteiger partial charge in [0, 0.05) is 29.0 Å². The lowest BCUT2D eigenvalue weighted by atomic mass is 10.1. The van der Waals surface area contributed by atoms with Gasteiger partial charge >= 0.3 is 5.97 Å². The first kappa shape index (κ1) is 22.8. The Bertz CT molecular complexity index is 1310. The van der Waals surface area contributed by atoms with E-state index in [9.17, 15) is 14.4 Å². The van der Waals surface area contributed by atoms with Crippen LogP contribution in [0.25, 0.3) is 12.2 Å². The fourth-order valence-electron chi connectivity index (χ4n) is 3.15. The van der Waals surface area contributed by atoms with Crippen LogP contribution in [-0.4, -0.2) is 27.5 Å². The number of Topliss-reactive ketones (excluding diaryl/α,β-unsaturated/α-hetero) is 1. The van der Waals surface area contributed by atoms with Gasteiger partial charge in [-0.3, -0.25) is 14.2 Å². The molecule has 0 fully saturated rings. The molecule has 0 radical (unpaired) electrons. The minimum Gasteiger partial charge on any atom is -0.463 e. The second-order valence-corrected chi connectivity index (χ2v) is 8.55. The number of esters is 1. The van der Waals surface area contributed by atoms with Crippen LogP contribution in [0.2, 0.25) is 5.02 Å². The second-order valence-electron chi connectivity index (χ2n) is 7.06. The summed E-state index contributed by atoms with van der Waals surface area (Å²) in [7, 11) is 1.89. The van der Waals surface area contributed by atoms with E-state index in [0.717, 1.165) is 28.3 Å². The van der Waals surface area contributed by atoms with Crippen molar-refractivity contribution in [2.75, 3.05) is 6.61 Å². The summed E-state index contributed by atoms with van der Waals surface area (Å²) < 4.78 is 9.02. The molecule has 8 heteroatoms. The summed E-state index contributed by atoms with van der Waals surface area (Å²) in [6.07, 6.45) is 2.97. The summed E-state index contributed by atoms with van der Waals surface area (Å²) in [5, 5.41) is 0.594. The van der Waals surface area contributed by atoms with E-state index in [1.54, 1.807) is 37.3 Å². The Morgan fingerprint density at radius 1 is 1.19 bits per heavy atom. The van der Waals surface area contributed by atoms with Crippen molar-refractivity contribution in [1.29, 1.82) is 0 Å². The smallest absolute Gasteiger partial charge is 0.333 e. The minimum atomic E-state index is -0.560. The van der Waals surface area contributed by atoms with E-state index in [-0.39, 0.29) is 24.5 Å². The maximum absolute atomic E-state index is 13.1. The first-order valence-electron chi connectivity index (χ1n) is 9.72. The number of thiazole rings is 1. The molecule has 3 aromatic rings. The van der Waals surface area contributed by atoms with Crippen molar-refractivity contribution in [2.45, 2.75) is 27.3 Å². The molecule has 0 saturated heterocycles. The maximum atomic E-state index is 13.1. The van der Waals surface area contributed by atoms with Gasteiger partial charge in [0.2, 0.25) is 0 Å². The molecule has 2 aromatic heterocycles. The number of ketones is 1. The molecule has 6 nitrogen and oxygen atoms in total. The topological polar surface area (TPSA) is 70.3 Å². The fourth-order valence-corrected chi connectivity index (χ4v) is 4.31. The molecule has 0 aliphatic rings. The van der Waals surface area contributed by atoms with Crippen molar-refractivity contribution in [1.82, 2.24) is 9.13 Å². The van der Waals surface area contributed by atoms with Crippen LogP contribution in [0.5, 0.6) is 0 Å². The van der Waals surface area contributed by atoms with Gasteiger partial charge in [0.1, 0.15) is 4.66 Å². The highest BCUT2D eigenvalue weighted by Gasteiger charge is 2.17. The lowest BCUT2D eigenvalue weighted by Gasteiger charge is -2.04. The van der Waals surface area contributed by atoms with Gasteiger partial charge in [-0.25, -0.2) is 4.79 Å². The third kappa shape index (κ3) is 5.06. The van der Waals surface area contributed by atoms with Gasteiger partial charge < -0.3 is 9.30 Å². The molecular formula is C23H23ClN2O4S. The zero-order valence-electron chi connectivity index (χ0n) is 17.8. The fraction of sp³-hybridized carbons (Fsp3) is 0.261. The van der Waals surface area contributed by atoms with E-state index in [2.05, 4.69) is 0 Å². The molecule has 0 atom stereocenters. The number of nitrogens with zero attached hydrogens (tertiary/aromatic N) is 2. The Hall–Kier alpha value is -2.90. The van der Waals surface area contributed by atoms with Crippen molar-refractivity contribution in [3.8, 4) is 0 Å². The van der Waals surface area contributed by atoms with Gasteiger partial charge in [-0.05, 0) is 50.6 Å². The summed E-state index contributed by atoms with van der Waals surface area (Å²) >= 11 is 7.07. The lowest BCUT2D eigenvalue weighted by molar-refractivity contribution is -0.135. The van der Waals surface area contributed by atoms with Gasteiger partial charge in [0.05, 0.1) is 23.8 Å². The zero-order valence-corrected chi connectivity index (χ0v) is 19.3. The van der Waals surface area contributed by atoms with E-state index in [4.69, 9.17) is 16.3 Å². The molecule has 1 aromatic carbocycles. The molecule has 0 aliphatic heterocycles. The Morgan fingerprint density at radius 2 is 1.87 bits per heavy atom. The number of halogens is 1. The van der Waals surface area contributed by atoms with Gasteiger partial charge in [-0.2, -0.15) is 0 Å². The highest BCUT2D eigenvalue weighted by Crippen LogP contribution is 2.14. The quantitative estimate of drug-likeness (QED) is 0.420. The molecule has 0 saturated carbocycles. The Morgan fingerprint density at radius 3 is 2.45 bits per heavy atom. The molecular weight excluding hydrogens is 436 g/mol. The number of benzene rings is 1. The normalized spacial score (nSPS) is 12.4. The molecule has 0 amide bonds. The monoisotopic (exact) mass is 458 g/mol. The van der Waals surface area contributed by atoms with Gasteiger partial charge in [-0.15, -0.1) is 11.3 Å². The molecule has 0 bridgehead atoms. The van der Waals surface area contributed by atoms with Crippen LogP contribution in [0.4, 0.5) is 0 Å². The van der Waals surface area contributed by atoms with Gasteiger partial charge in [0.25, 0.3) is 5.56 Å². The number of aryl methyl sites for hydroxylation is 1. The molecule has 0 aliphatic carbocycles. The number of carbonyl (C=O) groups excluding carboxylic acids is 2. The molecule has 0 N–H and O–H groups in total. The largest absolute Gasteiger partial charge is 0.463 e. The molecule has 31 heavy (non-hydrogen) atoms. The van der Waals surface area contributed by atoms with Crippen LogP contribution >= 0.6 is 22.9 Å². The lowest BCUT2D eigenvalue weighted by Crippen LogP contribution is -2.34. The Labute approximate surface area is 188 Å². The van der Waals surface area contributed by atoms with Crippen molar-refractivity contribution < 1.29 is 14.3 Å². The summed E-state index contributed by atoms with van der Waals surface area (Å²) in [4.78, 5) is 38.1. The van der Waals surface area contributed by atoms with Crippen molar-refractivity contribution in [2.24, 2.45) is 7.05 Å². The Kier molecular flexibility index (Phi) is 6.97. The number of aromatic nitrogens is 2. The maximum Gasteiger partial charge on any atom is 0.333 e. The molecule has 0 unspecified atom stereocenters. The highest BCUT2D eigenvalue weighted by atomic mass is 35.5. The SMILES string of the molecule is CCOC(=O)/C=c1\s/c(=C\c2ccc(Cl)cc2)c(=O)n1CC(=O)c1cc(C)n(C)c1C. The molecule has 0 spiro atoms. The molecule has 2 heterocycles. The van der Waals surface area contributed by atoms with Crippen LogP contribution in [-0.2, 0) is 23.1 Å². The zero-order chi connectivity index (χ0) is 22.7. The molecule has 3 rings (SSSR count). The van der Waals surface area contributed by atoms with Crippen LogP contribution < -0.4 is 14.8 Å². The predicted octanol–water partition coefficient (Wildman–Crippen LogP) is 2.57. The van der Waals surface area contributed by atoms with Crippen LogP contribution in [0.1, 0.15) is 34.2 Å². The predicted molar refractivity (Wildman–Crippen MR) is 123 cm³/mol. The van der Waals surface area contributed by atoms with Gasteiger partial charge in [-0.1, -0.05) is 23.7 Å². The van der Waals surface area contributed by atoms with E-state index in [1.807, 2.05) is 31.5 Å². The summed E-state index contributed by atoms with van der Waals surface area (Å²) in [5.41, 5.74) is 2.79. The number of hydrogen-bond donors (Lipinski definition) is 0. The average molecular weight is 459 g/mol. The van der Waals surface area contributed by atoms with Gasteiger partial charge in [0.15, 0.2) is 5.78 Å². The van der Waals surface area contributed by atoms with E-state index in [1.165, 1.54) is 10.6 Å². The average Bonchev–Trinajstić information content (AvgIpc) is 3.15. The second kappa shape index (κ2) is 9.49. The van der Waals surface area contributed by atoms with E-state index in [0.29, 0.717) is 19.8 Å². The first-order valence-corrected chi connectivity index (χ1v) is 10.9. The number of rotatable bonds is 6.